The van der Waals surface area contributed by atoms with Crippen LogP contribution in [0.4, 0.5) is 8.78 Å². The Labute approximate surface area is 112 Å². The fraction of sp³-hybridized carbons (Fsp3) is 0.500. The third kappa shape index (κ3) is 3.99. The molecule has 0 aliphatic heterocycles. The Kier molecular flexibility index (Phi) is 5.42. The van der Waals surface area contributed by atoms with Gasteiger partial charge in [-0.2, -0.15) is 0 Å². The van der Waals surface area contributed by atoms with E-state index in [1.165, 1.54) is 12.1 Å². The lowest BCUT2D eigenvalue weighted by Crippen LogP contribution is -2.44. The third-order valence-corrected chi connectivity index (χ3v) is 3.15. The lowest BCUT2D eigenvalue weighted by Gasteiger charge is -2.24. The topological polar surface area (TPSA) is 32.3 Å². The van der Waals surface area contributed by atoms with Crippen LogP contribution in [0.15, 0.2) is 18.2 Å². The zero-order chi connectivity index (χ0) is 14.6. The lowest BCUT2D eigenvalue weighted by atomic mass is 10.1. The first kappa shape index (κ1) is 15.6. The largest absolute Gasteiger partial charge is 0.345 e. The summed E-state index contributed by atoms with van der Waals surface area (Å²) in [4.78, 5) is 13.5. The number of nitrogens with zero attached hydrogens (tertiary/aromatic N) is 1. The molecule has 2 unspecified atom stereocenters. The summed E-state index contributed by atoms with van der Waals surface area (Å²) >= 11 is 0. The van der Waals surface area contributed by atoms with E-state index in [9.17, 15) is 13.6 Å². The van der Waals surface area contributed by atoms with Gasteiger partial charge in [-0.25, -0.2) is 8.78 Å². The van der Waals surface area contributed by atoms with E-state index in [0.717, 1.165) is 6.07 Å². The van der Waals surface area contributed by atoms with Crippen LogP contribution in [0.3, 0.4) is 0 Å². The minimum absolute atomic E-state index is 0.0585. The Morgan fingerprint density at radius 3 is 2.53 bits per heavy atom. The number of hydrogen-bond acceptors (Lipinski definition) is 2. The number of hydrogen-bond donors (Lipinski definition) is 1. The van der Waals surface area contributed by atoms with Gasteiger partial charge in [-0.05, 0) is 26.8 Å². The van der Waals surface area contributed by atoms with Gasteiger partial charge >= 0.3 is 0 Å². The molecule has 1 rings (SSSR count). The van der Waals surface area contributed by atoms with Crippen molar-refractivity contribution < 1.29 is 13.6 Å². The molecule has 2 atom stereocenters. The predicted octanol–water partition coefficient (Wildman–Crippen LogP) is 2.48. The summed E-state index contributed by atoms with van der Waals surface area (Å²) in [6.45, 7) is 5.97. The maximum atomic E-state index is 13.6. The highest BCUT2D eigenvalue weighted by molar-refractivity contribution is 5.81. The minimum Gasteiger partial charge on any atom is -0.345 e. The molecule has 19 heavy (non-hydrogen) atoms. The van der Waals surface area contributed by atoms with E-state index < -0.39 is 17.7 Å². The number of rotatable bonds is 5. The molecule has 3 nitrogen and oxygen atoms in total. The van der Waals surface area contributed by atoms with Gasteiger partial charge in [-0.1, -0.05) is 6.07 Å². The van der Waals surface area contributed by atoms with Crippen LogP contribution in [-0.2, 0) is 4.79 Å². The first-order chi connectivity index (χ1) is 8.86. The molecule has 1 aromatic rings. The second-order valence-corrected chi connectivity index (χ2v) is 4.63. The van der Waals surface area contributed by atoms with Gasteiger partial charge in [0.15, 0.2) is 0 Å². The van der Waals surface area contributed by atoms with Crippen molar-refractivity contribution in [1.29, 1.82) is 0 Å². The number of benzene rings is 1. The highest BCUT2D eigenvalue weighted by atomic mass is 19.1. The van der Waals surface area contributed by atoms with Crippen LogP contribution in [0.1, 0.15) is 32.4 Å². The summed E-state index contributed by atoms with van der Waals surface area (Å²) in [5.41, 5.74) is 0.347. The van der Waals surface area contributed by atoms with Crippen molar-refractivity contribution in [3.05, 3.63) is 35.4 Å². The summed E-state index contributed by atoms with van der Waals surface area (Å²) in [6, 6.07) is 2.65. The molecule has 0 fully saturated rings. The molecular weight excluding hydrogens is 250 g/mol. The van der Waals surface area contributed by atoms with E-state index in [0.29, 0.717) is 12.1 Å². The number of carbonyl (C=O) groups is 1. The molecule has 106 valence electrons. The average molecular weight is 270 g/mol. The Hall–Kier alpha value is -1.49. The van der Waals surface area contributed by atoms with E-state index in [1.807, 2.05) is 6.92 Å². The first-order valence-electron chi connectivity index (χ1n) is 6.32. The molecule has 1 N–H and O–H groups in total. The molecule has 0 saturated heterocycles. The highest BCUT2D eigenvalue weighted by Gasteiger charge is 2.20. The Balaban J connectivity index is 2.74. The van der Waals surface area contributed by atoms with E-state index in [4.69, 9.17) is 0 Å². The Morgan fingerprint density at radius 2 is 2.00 bits per heavy atom. The Bertz CT molecular complexity index is 451. The van der Waals surface area contributed by atoms with Crippen molar-refractivity contribution in [3.63, 3.8) is 0 Å². The third-order valence-electron chi connectivity index (χ3n) is 3.15. The molecular formula is C14H20F2N2O. The highest BCUT2D eigenvalue weighted by Crippen LogP contribution is 2.18. The molecule has 0 saturated carbocycles. The van der Waals surface area contributed by atoms with Gasteiger partial charge in [-0.15, -0.1) is 0 Å². The van der Waals surface area contributed by atoms with Gasteiger partial charge in [0, 0.05) is 31.3 Å². The quantitative estimate of drug-likeness (QED) is 0.891. The van der Waals surface area contributed by atoms with E-state index >= 15 is 0 Å². The van der Waals surface area contributed by atoms with Crippen LogP contribution in [0, 0.1) is 11.6 Å². The van der Waals surface area contributed by atoms with E-state index in [-0.39, 0.29) is 11.9 Å². The van der Waals surface area contributed by atoms with Gasteiger partial charge in [0.05, 0.1) is 6.04 Å². The van der Waals surface area contributed by atoms with Crippen LogP contribution in [0.5, 0.6) is 0 Å². The van der Waals surface area contributed by atoms with Crippen molar-refractivity contribution in [1.82, 2.24) is 10.2 Å². The number of carbonyl (C=O) groups excluding carboxylic acids is 1. The van der Waals surface area contributed by atoms with Crippen LogP contribution >= 0.6 is 0 Å². The molecule has 0 aliphatic rings. The van der Waals surface area contributed by atoms with Crippen LogP contribution in [0.25, 0.3) is 0 Å². The molecule has 5 heteroatoms. The summed E-state index contributed by atoms with van der Waals surface area (Å²) < 4.78 is 26.4. The second-order valence-electron chi connectivity index (χ2n) is 4.63. The molecule has 1 amide bonds. The fourth-order valence-electron chi connectivity index (χ4n) is 1.88. The van der Waals surface area contributed by atoms with Gasteiger partial charge in [0.2, 0.25) is 5.91 Å². The first-order valence-corrected chi connectivity index (χ1v) is 6.32. The smallest absolute Gasteiger partial charge is 0.239 e. The molecule has 0 radical (unpaired) electrons. The van der Waals surface area contributed by atoms with Crippen LogP contribution in [-0.4, -0.2) is 30.4 Å². The van der Waals surface area contributed by atoms with Crippen LogP contribution < -0.4 is 5.32 Å². The molecule has 1 aromatic carbocycles. The van der Waals surface area contributed by atoms with Crippen LogP contribution in [0.2, 0.25) is 0 Å². The molecule has 0 heterocycles. The van der Waals surface area contributed by atoms with Crippen molar-refractivity contribution in [2.45, 2.75) is 32.9 Å². The summed E-state index contributed by atoms with van der Waals surface area (Å²) in [5.74, 6) is -1.27. The number of halogens is 2. The number of amides is 1. The van der Waals surface area contributed by atoms with E-state index in [1.54, 1.807) is 25.8 Å². The van der Waals surface area contributed by atoms with E-state index in [2.05, 4.69) is 5.32 Å². The second kappa shape index (κ2) is 6.61. The maximum absolute atomic E-state index is 13.6. The lowest BCUT2D eigenvalue weighted by molar-refractivity contribution is -0.131. The maximum Gasteiger partial charge on any atom is 0.239 e. The van der Waals surface area contributed by atoms with Crippen molar-refractivity contribution in [2.75, 3.05) is 13.6 Å². The monoisotopic (exact) mass is 270 g/mol. The molecule has 0 aliphatic carbocycles. The fourth-order valence-corrected chi connectivity index (χ4v) is 1.88. The standard InChI is InChI=1S/C14H20F2N2O/c1-5-18(4)14(19)10(3)17-9(2)12-7-6-11(15)8-13(12)16/h6-10,17H,5H2,1-4H3. The van der Waals surface area contributed by atoms with Crippen molar-refractivity contribution >= 4 is 5.91 Å². The summed E-state index contributed by atoms with van der Waals surface area (Å²) in [5, 5.41) is 3.02. The summed E-state index contributed by atoms with van der Waals surface area (Å²) in [6.07, 6.45) is 0. The normalized spacial score (nSPS) is 14.0. The number of nitrogens with one attached hydrogen (secondary N) is 1. The van der Waals surface area contributed by atoms with Gasteiger partial charge in [-0.3, -0.25) is 10.1 Å². The SMILES string of the molecule is CCN(C)C(=O)C(C)NC(C)c1ccc(F)cc1F. The molecule has 0 bridgehead atoms. The summed E-state index contributed by atoms with van der Waals surface area (Å²) in [7, 11) is 1.71. The average Bonchev–Trinajstić information content (AvgIpc) is 2.36. The zero-order valence-electron chi connectivity index (χ0n) is 11.7. The Morgan fingerprint density at radius 1 is 1.37 bits per heavy atom. The van der Waals surface area contributed by atoms with Gasteiger partial charge in [0.25, 0.3) is 0 Å². The van der Waals surface area contributed by atoms with Gasteiger partial charge < -0.3 is 4.90 Å². The zero-order valence-corrected chi connectivity index (χ0v) is 11.7. The van der Waals surface area contributed by atoms with Crippen molar-refractivity contribution in [3.8, 4) is 0 Å². The van der Waals surface area contributed by atoms with Gasteiger partial charge in [0.1, 0.15) is 11.6 Å². The molecule has 0 spiro atoms. The number of likely N-dealkylation sites (N-methyl/N-ethyl adjacent to an activating group) is 1. The predicted molar refractivity (Wildman–Crippen MR) is 70.7 cm³/mol. The van der Waals surface area contributed by atoms with Crippen molar-refractivity contribution in [2.24, 2.45) is 0 Å². The minimum atomic E-state index is -0.608. The molecule has 0 aromatic heterocycles.